The van der Waals surface area contributed by atoms with Crippen molar-refractivity contribution in [2.75, 3.05) is 31.6 Å². The molecule has 1 saturated heterocycles. The summed E-state index contributed by atoms with van der Waals surface area (Å²) in [6, 6.07) is 17.2. The molecule has 0 atom stereocenters. The molecule has 1 aliphatic heterocycles. The van der Waals surface area contributed by atoms with E-state index >= 15 is 0 Å². The third-order valence-electron chi connectivity index (χ3n) is 4.92. The summed E-state index contributed by atoms with van der Waals surface area (Å²) in [5, 5.41) is 5.83. The second kappa shape index (κ2) is 9.78. The maximum atomic E-state index is 12.4. The third kappa shape index (κ3) is 5.49. The van der Waals surface area contributed by atoms with Crippen LogP contribution in [0.1, 0.15) is 18.4 Å². The Balaban J connectivity index is 1.35. The summed E-state index contributed by atoms with van der Waals surface area (Å²) in [4.78, 5) is 26.4. The van der Waals surface area contributed by atoms with E-state index in [1.807, 2.05) is 61.5 Å². The van der Waals surface area contributed by atoms with E-state index in [9.17, 15) is 9.59 Å². The SMILES string of the molecule is Cc1ccccc1OCCNC(=O)N1CCC(C(=O)Nc2ccccc2)CC1. The van der Waals surface area contributed by atoms with Gasteiger partial charge in [0.25, 0.3) is 0 Å². The van der Waals surface area contributed by atoms with E-state index in [1.165, 1.54) is 0 Å². The Morgan fingerprint density at radius 3 is 2.43 bits per heavy atom. The zero-order valence-electron chi connectivity index (χ0n) is 16.2. The maximum absolute atomic E-state index is 12.4. The lowest BCUT2D eigenvalue weighted by molar-refractivity contribution is -0.121. The fourth-order valence-corrected chi connectivity index (χ4v) is 3.26. The van der Waals surface area contributed by atoms with Crippen molar-refractivity contribution in [2.45, 2.75) is 19.8 Å². The summed E-state index contributed by atoms with van der Waals surface area (Å²) in [7, 11) is 0. The fourth-order valence-electron chi connectivity index (χ4n) is 3.26. The molecule has 0 saturated carbocycles. The van der Waals surface area contributed by atoms with Gasteiger partial charge in [-0.2, -0.15) is 0 Å². The molecule has 1 heterocycles. The predicted octanol–water partition coefficient (Wildman–Crippen LogP) is 3.43. The lowest BCUT2D eigenvalue weighted by atomic mass is 9.96. The number of rotatable bonds is 6. The van der Waals surface area contributed by atoms with Gasteiger partial charge in [0.1, 0.15) is 12.4 Å². The Morgan fingerprint density at radius 2 is 1.71 bits per heavy atom. The summed E-state index contributed by atoms with van der Waals surface area (Å²) < 4.78 is 5.69. The van der Waals surface area contributed by atoms with Crippen molar-refractivity contribution in [2.24, 2.45) is 5.92 Å². The molecule has 0 bridgehead atoms. The molecule has 0 radical (unpaired) electrons. The van der Waals surface area contributed by atoms with Crippen LogP contribution in [0.15, 0.2) is 54.6 Å². The van der Waals surface area contributed by atoms with Crippen LogP contribution in [0, 0.1) is 12.8 Å². The number of hydrogen-bond acceptors (Lipinski definition) is 3. The van der Waals surface area contributed by atoms with Crippen molar-refractivity contribution < 1.29 is 14.3 Å². The van der Waals surface area contributed by atoms with Crippen molar-refractivity contribution in [1.82, 2.24) is 10.2 Å². The first-order valence-corrected chi connectivity index (χ1v) is 9.70. The first-order valence-electron chi connectivity index (χ1n) is 9.70. The number of para-hydroxylation sites is 2. The summed E-state index contributed by atoms with van der Waals surface area (Å²) in [5.41, 5.74) is 1.88. The van der Waals surface area contributed by atoms with Crippen LogP contribution >= 0.6 is 0 Å². The van der Waals surface area contributed by atoms with Crippen molar-refractivity contribution in [1.29, 1.82) is 0 Å². The number of benzene rings is 2. The van der Waals surface area contributed by atoms with E-state index < -0.39 is 0 Å². The molecule has 0 aliphatic carbocycles. The standard InChI is InChI=1S/C22H27N3O3/c1-17-7-5-6-10-20(17)28-16-13-23-22(27)25-14-11-18(12-15-25)21(26)24-19-8-3-2-4-9-19/h2-10,18H,11-16H2,1H3,(H,23,27)(H,24,26). The second-order valence-electron chi connectivity index (χ2n) is 6.96. The quantitative estimate of drug-likeness (QED) is 0.753. The molecule has 3 rings (SSSR count). The van der Waals surface area contributed by atoms with Gasteiger partial charge in [-0.1, -0.05) is 36.4 Å². The third-order valence-corrected chi connectivity index (χ3v) is 4.92. The van der Waals surface area contributed by atoms with E-state index in [0.29, 0.717) is 39.1 Å². The number of nitrogens with one attached hydrogen (secondary N) is 2. The summed E-state index contributed by atoms with van der Waals surface area (Å²) in [5.74, 6) is 0.800. The number of anilines is 1. The second-order valence-corrected chi connectivity index (χ2v) is 6.96. The van der Waals surface area contributed by atoms with Crippen molar-refractivity contribution >= 4 is 17.6 Å². The van der Waals surface area contributed by atoms with Gasteiger partial charge in [-0.25, -0.2) is 4.79 Å². The summed E-state index contributed by atoms with van der Waals surface area (Å²) in [6.07, 6.45) is 1.34. The lowest BCUT2D eigenvalue weighted by Gasteiger charge is -2.31. The largest absolute Gasteiger partial charge is 0.491 e. The van der Waals surface area contributed by atoms with Crippen LogP contribution in [0.4, 0.5) is 10.5 Å². The van der Waals surface area contributed by atoms with Crippen molar-refractivity contribution in [3.05, 3.63) is 60.2 Å². The Morgan fingerprint density at radius 1 is 1.04 bits per heavy atom. The summed E-state index contributed by atoms with van der Waals surface area (Å²) >= 11 is 0. The fraction of sp³-hybridized carbons (Fsp3) is 0.364. The zero-order valence-corrected chi connectivity index (χ0v) is 16.2. The molecule has 2 aromatic rings. The highest BCUT2D eigenvalue weighted by Crippen LogP contribution is 2.19. The molecule has 28 heavy (non-hydrogen) atoms. The average molecular weight is 381 g/mol. The van der Waals surface area contributed by atoms with Gasteiger partial charge in [0.15, 0.2) is 0 Å². The number of urea groups is 1. The summed E-state index contributed by atoms with van der Waals surface area (Å²) in [6.45, 7) is 4.02. The monoisotopic (exact) mass is 381 g/mol. The van der Waals surface area contributed by atoms with Gasteiger partial charge in [-0.05, 0) is 43.5 Å². The highest BCUT2D eigenvalue weighted by Gasteiger charge is 2.27. The number of nitrogens with zero attached hydrogens (tertiary/aromatic N) is 1. The number of carbonyl (C=O) groups excluding carboxylic acids is 2. The lowest BCUT2D eigenvalue weighted by Crippen LogP contribution is -2.46. The van der Waals surface area contributed by atoms with E-state index in [1.54, 1.807) is 4.90 Å². The number of amides is 3. The molecule has 1 fully saturated rings. The topological polar surface area (TPSA) is 70.7 Å². The van der Waals surface area contributed by atoms with Gasteiger partial charge in [-0.3, -0.25) is 4.79 Å². The molecule has 6 nitrogen and oxygen atoms in total. The molecule has 2 N–H and O–H groups in total. The van der Waals surface area contributed by atoms with Crippen molar-refractivity contribution in [3.8, 4) is 5.75 Å². The molecule has 0 spiro atoms. The number of carbonyl (C=O) groups is 2. The van der Waals surface area contributed by atoms with Crippen LogP contribution < -0.4 is 15.4 Å². The molecule has 1 aliphatic rings. The van der Waals surface area contributed by atoms with Gasteiger partial charge >= 0.3 is 6.03 Å². The normalized spacial score (nSPS) is 14.4. The van der Waals surface area contributed by atoms with E-state index in [4.69, 9.17) is 4.74 Å². The van der Waals surface area contributed by atoms with Crippen LogP contribution in [0.2, 0.25) is 0 Å². The molecule has 6 heteroatoms. The molecule has 148 valence electrons. The van der Waals surface area contributed by atoms with Gasteiger partial charge in [-0.15, -0.1) is 0 Å². The van der Waals surface area contributed by atoms with E-state index in [-0.39, 0.29) is 17.9 Å². The minimum Gasteiger partial charge on any atom is -0.491 e. The average Bonchev–Trinajstić information content (AvgIpc) is 2.73. The number of ether oxygens (including phenoxy) is 1. The Labute approximate surface area is 165 Å². The van der Waals surface area contributed by atoms with Crippen molar-refractivity contribution in [3.63, 3.8) is 0 Å². The minimum atomic E-state index is -0.102. The number of hydrogen-bond donors (Lipinski definition) is 2. The first kappa shape index (κ1) is 19.7. The van der Waals surface area contributed by atoms with E-state index in [0.717, 1.165) is 17.0 Å². The molecule has 3 amide bonds. The highest BCUT2D eigenvalue weighted by molar-refractivity contribution is 5.92. The Hall–Kier alpha value is -3.02. The number of likely N-dealkylation sites (tertiary alicyclic amines) is 1. The first-order chi connectivity index (χ1) is 13.6. The van der Waals surface area contributed by atoms with Gasteiger partial charge in [0.05, 0.1) is 6.54 Å². The van der Waals surface area contributed by atoms with E-state index in [2.05, 4.69) is 10.6 Å². The number of piperidine rings is 1. The smallest absolute Gasteiger partial charge is 0.317 e. The van der Waals surface area contributed by atoms with Gasteiger partial charge in [0.2, 0.25) is 5.91 Å². The van der Waals surface area contributed by atoms with Crippen LogP contribution in [-0.2, 0) is 4.79 Å². The molecule has 0 unspecified atom stereocenters. The number of aryl methyl sites for hydroxylation is 1. The van der Waals surface area contributed by atoms with Crippen LogP contribution in [0.5, 0.6) is 5.75 Å². The molecule has 0 aromatic heterocycles. The highest BCUT2D eigenvalue weighted by atomic mass is 16.5. The molecule has 2 aromatic carbocycles. The van der Waals surface area contributed by atoms with Crippen LogP contribution in [0.3, 0.4) is 0 Å². The Kier molecular flexibility index (Phi) is 6.89. The minimum absolute atomic E-state index is 0.0258. The molecular weight excluding hydrogens is 354 g/mol. The van der Waals surface area contributed by atoms with Crippen LogP contribution in [-0.4, -0.2) is 43.1 Å². The van der Waals surface area contributed by atoms with Gasteiger partial charge in [0, 0.05) is 24.7 Å². The zero-order chi connectivity index (χ0) is 19.8. The van der Waals surface area contributed by atoms with Crippen LogP contribution in [0.25, 0.3) is 0 Å². The Bertz CT molecular complexity index is 787. The molecular formula is C22H27N3O3. The van der Waals surface area contributed by atoms with Gasteiger partial charge < -0.3 is 20.3 Å². The predicted molar refractivity (Wildman–Crippen MR) is 109 cm³/mol. The maximum Gasteiger partial charge on any atom is 0.317 e.